The lowest BCUT2D eigenvalue weighted by Gasteiger charge is -2.32. The third-order valence-corrected chi connectivity index (χ3v) is 6.83. The highest BCUT2D eigenvalue weighted by molar-refractivity contribution is 7.99. The lowest BCUT2D eigenvalue weighted by molar-refractivity contribution is -0.141. The van der Waals surface area contributed by atoms with Gasteiger partial charge in [-0.15, -0.1) is 11.8 Å². The molecule has 0 saturated carbocycles. The Kier molecular flexibility index (Phi) is 10.7. The van der Waals surface area contributed by atoms with Crippen LogP contribution in [0.3, 0.4) is 0 Å². The molecule has 0 unspecified atom stereocenters. The highest BCUT2D eigenvalue weighted by Crippen LogP contribution is 2.28. The normalized spacial score (nSPS) is 12.8. The summed E-state index contributed by atoms with van der Waals surface area (Å²) < 4.78 is 0. The molecule has 0 saturated heterocycles. The Labute approximate surface area is 199 Å². The predicted molar refractivity (Wildman–Crippen MR) is 131 cm³/mol. The quantitative estimate of drug-likeness (QED) is 0.389. The number of nitrogens with one attached hydrogen (secondary N) is 1. The second-order valence-corrected chi connectivity index (χ2v) is 9.36. The molecular formula is C24H30Cl2N2O2S. The zero-order valence-electron chi connectivity index (χ0n) is 18.2. The smallest absolute Gasteiger partial charge is 0.243 e. The maximum Gasteiger partial charge on any atom is 0.243 e. The molecule has 0 heterocycles. The van der Waals surface area contributed by atoms with E-state index in [1.54, 1.807) is 34.9 Å². The topological polar surface area (TPSA) is 49.4 Å². The van der Waals surface area contributed by atoms with Crippen molar-refractivity contribution in [3.63, 3.8) is 0 Å². The van der Waals surface area contributed by atoms with E-state index < -0.39 is 6.04 Å². The van der Waals surface area contributed by atoms with Crippen LogP contribution in [0.25, 0.3) is 0 Å². The van der Waals surface area contributed by atoms with Crippen molar-refractivity contribution >= 4 is 46.8 Å². The van der Waals surface area contributed by atoms with Crippen LogP contribution < -0.4 is 5.32 Å². The fraction of sp³-hybridized carbons (Fsp3) is 0.417. The van der Waals surface area contributed by atoms with E-state index >= 15 is 0 Å². The summed E-state index contributed by atoms with van der Waals surface area (Å²) in [7, 11) is 0. The van der Waals surface area contributed by atoms with Crippen LogP contribution in [0.4, 0.5) is 0 Å². The van der Waals surface area contributed by atoms with Gasteiger partial charge < -0.3 is 10.2 Å². The molecule has 0 aliphatic rings. The summed E-state index contributed by atoms with van der Waals surface area (Å²) in [5, 5.41) is 3.98. The lowest BCUT2D eigenvalue weighted by Crippen LogP contribution is -2.50. The summed E-state index contributed by atoms with van der Waals surface area (Å²) in [4.78, 5) is 29.0. The molecule has 1 N–H and O–H groups in total. The Balaban J connectivity index is 2.20. The SMILES string of the molecule is CC[C@H](C(=O)N[C@@H](C)CC)N(Cc1c(Cl)cccc1Cl)C(=O)CCSc1ccccc1. The molecule has 168 valence electrons. The number of hydrogen-bond acceptors (Lipinski definition) is 3. The molecule has 4 nitrogen and oxygen atoms in total. The van der Waals surface area contributed by atoms with Gasteiger partial charge in [-0.05, 0) is 44.0 Å². The summed E-state index contributed by atoms with van der Waals surface area (Å²) in [6.07, 6.45) is 1.64. The number of nitrogens with zero attached hydrogens (tertiary/aromatic N) is 1. The van der Waals surface area contributed by atoms with E-state index in [9.17, 15) is 9.59 Å². The van der Waals surface area contributed by atoms with Gasteiger partial charge in [0, 0.05) is 45.3 Å². The van der Waals surface area contributed by atoms with Crippen molar-refractivity contribution in [3.05, 3.63) is 64.1 Å². The fourth-order valence-corrected chi connectivity index (χ4v) is 4.51. The number of hydrogen-bond donors (Lipinski definition) is 1. The predicted octanol–water partition coefficient (Wildman–Crippen LogP) is 6.20. The van der Waals surface area contributed by atoms with Crippen molar-refractivity contribution in [1.82, 2.24) is 10.2 Å². The van der Waals surface area contributed by atoms with Crippen LogP contribution in [0.15, 0.2) is 53.4 Å². The van der Waals surface area contributed by atoms with E-state index in [0.717, 1.165) is 11.3 Å². The van der Waals surface area contributed by atoms with Crippen LogP contribution in [-0.4, -0.2) is 34.6 Å². The molecule has 0 radical (unpaired) electrons. The number of rotatable bonds is 11. The zero-order chi connectivity index (χ0) is 22.8. The molecule has 0 aliphatic carbocycles. The standard InChI is InChI=1S/C24H30Cl2N2O2S/c1-4-17(3)27-24(30)22(5-2)28(16-19-20(25)12-9-13-21(19)26)23(29)14-15-31-18-10-7-6-8-11-18/h6-13,17,22H,4-5,14-16H2,1-3H3,(H,27,30)/t17-,22+/m0/s1. The van der Waals surface area contributed by atoms with Crippen LogP contribution in [-0.2, 0) is 16.1 Å². The monoisotopic (exact) mass is 480 g/mol. The van der Waals surface area contributed by atoms with Gasteiger partial charge in [0.15, 0.2) is 0 Å². The number of halogens is 2. The number of carbonyl (C=O) groups excluding carboxylic acids is 2. The first-order valence-electron chi connectivity index (χ1n) is 10.6. The second kappa shape index (κ2) is 13.0. The Hall–Kier alpha value is -1.69. The molecule has 0 aliphatic heterocycles. The molecule has 2 aromatic rings. The summed E-state index contributed by atoms with van der Waals surface area (Å²) in [5.74, 6) is 0.383. The van der Waals surface area contributed by atoms with E-state index in [-0.39, 0.29) is 24.4 Å². The molecule has 2 amide bonds. The number of amides is 2. The van der Waals surface area contributed by atoms with Gasteiger partial charge in [0.1, 0.15) is 6.04 Å². The molecule has 0 aromatic heterocycles. The lowest BCUT2D eigenvalue weighted by atomic mass is 10.1. The van der Waals surface area contributed by atoms with Crippen molar-refractivity contribution in [2.45, 2.75) is 63.6 Å². The molecule has 0 fully saturated rings. The average molecular weight is 481 g/mol. The van der Waals surface area contributed by atoms with Crippen LogP contribution >= 0.6 is 35.0 Å². The molecule has 2 rings (SSSR count). The average Bonchev–Trinajstić information content (AvgIpc) is 2.76. The first kappa shape index (κ1) is 25.6. The van der Waals surface area contributed by atoms with E-state index in [4.69, 9.17) is 23.2 Å². The minimum absolute atomic E-state index is 0.0380. The first-order chi connectivity index (χ1) is 14.9. The maximum atomic E-state index is 13.3. The summed E-state index contributed by atoms with van der Waals surface area (Å²) in [5.41, 5.74) is 0.657. The Bertz CT molecular complexity index is 844. The van der Waals surface area contributed by atoms with E-state index in [0.29, 0.717) is 34.2 Å². The molecule has 0 bridgehead atoms. The molecule has 7 heteroatoms. The van der Waals surface area contributed by atoms with Gasteiger partial charge in [-0.25, -0.2) is 0 Å². The minimum atomic E-state index is -0.587. The van der Waals surface area contributed by atoms with E-state index in [1.807, 2.05) is 51.1 Å². The van der Waals surface area contributed by atoms with Gasteiger partial charge in [-0.3, -0.25) is 9.59 Å². The van der Waals surface area contributed by atoms with Gasteiger partial charge in [-0.2, -0.15) is 0 Å². The van der Waals surface area contributed by atoms with E-state index in [2.05, 4.69) is 5.32 Å². The maximum absolute atomic E-state index is 13.3. The van der Waals surface area contributed by atoms with Gasteiger partial charge in [0.25, 0.3) is 0 Å². The van der Waals surface area contributed by atoms with Crippen molar-refractivity contribution < 1.29 is 9.59 Å². The summed E-state index contributed by atoms with van der Waals surface area (Å²) in [6.45, 7) is 6.07. The highest BCUT2D eigenvalue weighted by atomic mass is 35.5. The third-order valence-electron chi connectivity index (χ3n) is 5.10. The van der Waals surface area contributed by atoms with Crippen molar-refractivity contribution in [1.29, 1.82) is 0 Å². The first-order valence-corrected chi connectivity index (χ1v) is 12.3. The minimum Gasteiger partial charge on any atom is -0.352 e. The Morgan fingerprint density at radius 3 is 2.23 bits per heavy atom. The van der Waals surface area contributed by atoms with Crippen LogP contribution in [0.2, 0.25) is 10.0 Å². The van der Waals surface area contributed by atoms with Crippen LogP contribution in [0.1, 0.15) is 45.6 Å². The van der Waals surface area contributed by atoms with Crippen LogP contribution in [0, 0.1) is 0 Å². The second-order valence-electron chi connectivity index (χ2n) is 7.38. The van der Waals surface area contributed by atoms with Crippen LogP contribution in [0.5, 0.6) is 0 Å². The molecule has 31 heavy (non-hydrogen) atoms. The third kappa shape index (κ3) is 7.74. The van der Waals surface area contributed by atoms with E-state index in [1.165, 1.54) is 0 Å². The largest absolute Gasteiger partial charge is 0.352 e. The van der Waals surface area contributed by atoms with Gasteiger partial charge in [0.2, 0.25) is 11.8 Å². The highest BCUT2D eigenvalue weighted by Gasteiger charge is 2.30. The van der Waals surface area contributed by atoms with Crippen molar-refractivity contribution in [2.24, 2.45) is 0 Å². The molecular weight excluding hydrogens is 451 g/mol. The molecule has 2 atom stereocenters. The van der Waals surface area contributed by atoms with Crippen molar-refractivity contribution in [3.8, 4) is 0 Å². The van der Waals surface area contributed by atoms with Gasteiger partial charge in [0.05, 0.1) is 0 Å². The summed E-state index contributed by atoms with van der Waals surface area (Å²) in [6, 6.07) is 14.7. The number of thioether (sulfide) groups is 1. The molecule has 2 aromatic carbocycles. The number of benzene rings is 2. The van der Waals surface area contributed by atoms with Gasteiger partial charge >= 0.3 is 0 Å². The van der Waals surface area contributed by atoms with Crippen molar-refractivity contribution in [2.75, 3.05) is 5.75 Å². The van der Waals surface area contributed by atoms with Gasteiger partial charge in [-0.1, -0.05) is 61.3 Å². The number of carbonyl (C=O) groups is 2. The Morgan fingerprint density at radius 1 is 1.00 bits per heavy atom. The Morgan fingerprint density at radius 2 is 1.65 bits per heavy atom. The summed E-state index contributed by atoms with van der Waals surface area (Å²) >= 11 is 14.4. The zero-order valence-corrected chi connectivity index (χ0v) is 20.6. The molecule has 0 spiro atoms. The fourth-order valence-electron chi connectivity index (χ4n) is 3.13.